The van der Waals surface area contributed by atoms with Crippen molar-refractivity contribution in [2.45, 2.75) is 25.9 Å². The van der Waals surface area contributed by atoms with E-state index in [0.717, 1.165) is 0 Å². The van der Waals surface area contributed by atoms with Crippen LogP contribution in [0.25, 0.3) is 0 Å². The average Bonchev–Trinajstić information content (AvgIpc) is 2.49. The van der Waals surface area contributed by atoms with Crippen LogP contribution in [-0.4, -0.2) is 16.2 Å². The summed E-state index contributed by atoms with van der Waals surface area (Å²) in [7, 11) is 0. The van der Waals surface area contributed by atoms with Gasteiger partial charge in [0, 0.05) is 12.7 Å². The smallest absolute Gasteiger partial charge is 0.259 e. The molecule has 1 aromatic heterocycles. The van der Waals surface area contributed by atoms with Crippen LogP contribution >= 0.6 is 0 Å². The first-order chi connectivity index (χ1) is 5.66. The molecule has 1 atom stereocenters. The van der Waals surface area contributed by atoms with Crippen LogP contribution in [0.4, 0.5) is 8.78 Å². The van der Waals surface area contributed by atoms with Gasteiger partial charge >= 0.3 is 0 Å². The van der Waals surface area contributed by atoms with Crippen LogP contribution < -0.4 is 5.73 Å². The summed E-state index contributed by atoms with van der Waals surface area (Å²) >= 11 is 0. The molecular formula is C7H11F2N3. The molecule has 2 N–H and O–H groups in total. The van der Waals surface area contributed by atoms with Crippen LogP contribution in [-0.2, 0) is 6.54 Å². The Hall–Kier alpha value is -0.970. The number of aryl methyl sites for hydroxylation is 1. The minimum absolute atomic E-state index is 0.382. The van der Waals surface area contributed by atoms with E-state index in [0.29, 0.717) is 12.2 Å². The van der Waals surface area contributed by atoms with Gasteiger partial charge < -0.3 is 5.73 Å². The van der Waals surface area contributed by atoms with E-state index in [9.17, 15) is 8.78 Å². The fourth-order valence-electron chi connectivity index (χ4n) is 1.02. The zero-order valence-electron chi connectivity index (χ0n) is 6.74. The molecule has 0 radical (unpaired) electrons. The molecule has 1 heterocycles. The highest BCUT2D eigenvalue weighted by atomic mass is 19.3. The Balaban J connectivity index is 2.86. The monoisotopic (exact) mass is 175 g/mol. The molecule has 0 aromatic carbocycles. The molecular weight excluding hydrogens is 164 g/mol. The predicted molar refractivity (Wildman–Crippen MR) is 40.8 cm³/mol. The van der Waals surface area contributed by atoms with Crippen molar-refractivity contribution in [3.8, 4) is 0 Å². The van der Waals surface area contributed by atoms with Gasteiger partial charge in [0.15, 0.2) is 0 Å². The highest BCUT2D eigenvalue weighted by molar-refractivity contribution is 5.06. The van der Waals surface area contributed by atoms with Crippen molar-refractivity contribution in [2.24, 2.45) is 5.73 Å². The Morgan fingerprint density at radius 3 is 2.83 bits per heavy atom. The molecule has 3 nitrogen and oxygen atoms in total. The van der Waals surface area contributed by atoms with Crippen molar-refractivity contribution < 1.29 is 8.78 Å². The number of nitrogens with two attached hydrogens (primary N) is 1. The molecule has 1 rings (SSSR count). The third-order valence-electron chi connectivity index (χ3n) is 1.66. The van der Waals surface area contributed by atoms with Crippen molar-refractivity contribution in [1.29, 1.82) is 0 Å². The van der Waals surface area contributed by atoms with Gasteiger partial charge in [-0.15, -0.1) is 0 Å². The van der Waals surface area contributed by atoms with Gasteiger partial charge in [0.1, 0.15) is 6.04 Å². The molecule has 0 saturated carbocycles. The first-order valence-corrected chi connectivity index (χ1v) is 3.72. The Morgan fingerprint density at radius 1 is 1.67 bits per heavy atom. The van der Waals surface area contributed by atoms with E-state index in [4.69, 9.17) is 5.73 Å². The molecule has 0 saturated heterocycles. The van der Waals surface area contributed by atoms with E-state index in [-0.39, 0.29) is 0 Å². The van der Waals surface area contributed by atoms with Gasteiger partial charge in [0.2, 0.25) is 0 Å². The lowest BCUT2D eigenvalue weighted by atomic mass is 10.2. The minimum Gasteiger partial charge on any atom is -0.318 e. The Kier molecular flexibility index (Phi) is 2.75. The fourth-order valence-corrected chi connectivity index (χ4v) is 1.02. The van der Waals surface area contributed by atoms with Crippen molar-refractivity contribution in [2.75, 3.05) is 0 Å². The van der Waals surface area contributed by atoms with E-state index in [1.54, 1.807) is 0 Å². The predicted octanol–water partition coefficient (Wildman–Crippen LogP) is 1.17. The van der Waals surface area contributed by atoms with Crippen LogP contribution in [0, 0.1) is 0 Å². The SMILES string of the molecule is CCn1nccc1C(N)C(F)F. The Labute approximate surface area is 69.2 Å². The lowest BCUT2D eigenvalue weighted by Crippen LogP contribution is -2.22. The van der Waals surface area contributed by atoms with Crippen LogP contribution in [0.3, 0.4) is 0 Å². The van der Waals surface area contributed by atoms with E-state index in [1.165, 1.54) is 16.9 Å². The van der Waals surface area contributed by atoms with E-state index < -0.39 is 12.5 Å². The topological polar surface area (TPSA) is 43.8 Å². The molecule has 1 aromatic rings. The van der Waals surface area contributed by atoms with Crippen molar-refractivity contribution in [3.63, 3.8) is 0 Å². The molecule has 68 valence electrons. The molecule has 0 aliphatic rings. The second kappa shape index (κ2) is 3.62. The van der Waals surface area contributed by atoms with Gasteiger partial charge in [0.05, 0.1) is 5.69 Å². The quantitative estimate of drug-likeness (QED) is 0.749. The first kappa shape index (κ1) is 9.12. The summed E-state index contributed by atoms with van der Waals surface area (Å²) in [5.74, 6) is 0. The molecule has 1 unspecified atom stereocenters. The molecule has 0 fully saturated rings. The lowest BCUT2D eigenvalue weighted by Gasteiger charge is -2.11. The van der Waals surface area contributed by atoms with Gasteiger partial charge in [-0.25, -0.2) is 8.78 Å². The number of hydrogen-bond donors (Lipinski definition) is 1. The normalized spacial score (nSPS) is 13.8. The number of alkyl halides is 2. The van der Waals surface area contributed by atoms with Crippen molar-refractivity contribution in [3.05, 3.63) is 18.0 Å². The lowest BCUT2D eigenvalue weighted by molar-refractivity contribution is 0.112. The number of aromatic nitrogens is 2. The molecule has 0 aliphatic carbocycles. The second-order valence-corrected chi connectivity index (χ2v) is 2.43. The summed E-state index contributed by atoms with van der Waals surface area (Å²) in [5, 5.41) is 3.84. The molecule has 0 amide bonds. The highest BCUT2D eigenvalue weighted by Crippen LogP contribution is 2.16. The van der Waals surface area contributed by atoms with Crippen LogP contribution in [0.2, 0.25) is 0 Å². The maximum atomic E-state index is 12.1. The molecule has 0 aliphatic heterocycles. The van der Waals surface area contributed by atoms with E-state index >= 15 is 0 Å². The molecule has 5 heteroatoms. The summed E-state index contributed by atoms with van der Waals surface area (Å²) in [6.07, 6.45) is -1.06. The second-order valence-electron chi connectivity index (χ2n) is 2.43. The number of hydrogen-bond acceptors (Lipinski definition) is 2. The summed E-state index contributed by atoms with van der Waals surface area (Å²) in [4.78, 5) is 0. The standard InChI is InChI=1S/C7H11F2N3/c1-2-12-5(3-4-11-12)6(10)7(8)9/h3-4,6-7H,2,10H2,1H3. The average molecular weight is 175 g/mol. The summed E-state index contributed by atoms with van der Waals surface area (Å²) in [6.45, 7) is 2.39. The summed E-state index contributed by atoms with van der Waals surface area (Å²) < 4.78 is 25.8. The number of halogens is 2. The zero-order valence-corrected chi connectivity index (χ0v) is 6.74. The third kappa shape index (κ3) is 1.61. The van der Waals surface area contributed by atoms with Gasteiger partial charge in [-0.2, -0.15) is 5.10 Å². The molecule has 0 bridgehead atoms. The fraction of sp³-hybridized carbons (Fsp3) is 0.571. The van der Waals surface area contributed by atoms with Crippen molar-refractivity contribution >= 4 is 0 Å². The Bertz CT molecular complexity index is 247. The van der Waals surface area contributed by atoms with Crippen molar-refractivity contribution in [1.82, 2.24) is 9.78 Å². The van der Waals surface area contributed by atoms with Gasteiger partial charge in [-0.1, -0.05) is 0 Å². The largest absolute Gasteiger partial charge is 0.318 e. The number of nitrogens with zero attached hydrogens (tertiary/aromatic N) is 2. The number of rotatable bonds is 3. The maximum Gasteiger partial charge on any atom is 0.259 e. The Morgan fingerprint density at radius 2 is 2.33 bits per heavy atom. The van der Waals surface area contributed by atoms with Gasteiger partial charge in [-0.05, 0) is 13.0 Å². The van der Waals surface area contributed by atoms with Crippen LogP contribution in [0.5, 0.6) is 0 Å². The molecule has 0 spiro atoms. The van der Waals surface area contributed by atoms with Gasteiger partial charge in [-0.3, -0.25) is 4.68 Å². The maximum absolute atomic E-state index is 12.1. The van der Waals surface area contributed by atoms with E-state index in [1.807, 2.05) is 6.92 Å². The van der Waals surface area contributed by atoms with E-state index in [2.05, 4.69) is 5.10 Å². The van der Waals surface area contributed by atoms with Crippen LogP contribution in [0.15, 0.2) is 12.3 Å². The molecule has 12 heavy (non-hydrogen) atoms. The third-order valence-corrected chi connectivity index (χ3v) is 1.66. The zero-order chi connectivity index (χ0) is 9.14. The minimum atomic E-state index is -2.54. The highest BCUT2D eigenvalue weighted by Gasteiger charge is 2.20. The summed E-state index contributed by atoms with van der Waals surface area (Å²) in [5.41, 5.74) is 5.63. The summed E-state index contributed by atoms with van der Waals surface area (Å²) in [6, 6.07) is 0.285. The van der Waals surface area contributed by atoms with Crippen LogP contribution in [0.1, 0.15) is 18.7 Å². The van der Waals surface area contributed by atoms with Gasteiger partial charge in [0.25, 0.3) is 6.43 Å². The first-order valence-electron chi connectivity index (χ1n) is 3.72.